The number of thioether (sulfide) groups is 1. The van der Waals surface area contributed by atoms with Gasteiger partial charge in [0.25, 0.3) is 0 Å². The van der Waals surface area contributed by atoms with Crippen LogP contribution in [0.1, 0.15) is 25.8 Å². The first-order valence-corrected chi connectivity index (χ1v) is 7.50. The van der Waals surface area contributed by atoms with Crippen LogP contribution < -0.4 is 5.32 Å². The Morgan fingerprint density at radius 1 is 1.30 bits per heavy atom. The summed E-state index contributed by atoms with van der Waals surface area (Å²) in [4.78, 5) is 23.7. The summed E-state index contributed by atoms with van der Waals surface area (Å²) in [5.74, 6) is -0.571. The normalized spacial score (nSPS) is 11.2. The number of carboxylic acids is 1. The molecule has 0 aliphatic carbocycles. The highest BCUT2D eigenvalue weighted by Gasteiger charge is 2.26. The lowest BCUT2D eigenvalue weighted by atomic mass is 9.90. The number of benzene rings is 1. The van der Waals surface area contributed by atoms with Crippen molar-refractivity contribution in [1.29, 1.82) is 0 Å². The van der Waals surface area contributed by atoms with Crippen molar-refractivity contribution >= 4 is 23.6 Å². The fraction of sp³-hybridized carbons (Fsp3) is 0.467. The van der Waals surface area contributed by atoms with Crippen molar-refractivity contribution in [2.45, 2.75) is 32.1 Å². The average molecular weight is 295 g/mol. The van der Waals surface area contributed by atoms with Crippen LogP contribution in [0.15, 0.2) is 29.2 Å². The van der Waals surface area contributed by atoms with E-state index in [9.17, 15) is 9.59 Å². The molecule has 0 saturated carbocycles. The van der Waals surface area contributed by atoms with E-state index < -0.39 is 11.4 Å². The summed E-state index contributed by atoms with van der Waals surface area (Å²) in [7, 11) is 0. The Kier molecular flexibility index (Phi) is 6.07. The lowest BCUT2D eigenvalue weighted by Crippen LogP contribution is -2.32. The molecule has 0 heterocycles. The van der Waals surface area contributed by atoms with E-state index in [4.69, 9.17) is 5.11 Å². The van der Waals surface area contributed by atoms with E-state index in [1.165, 1.54) is 11.8 Å². The third-order valence-corrected chi connectivity index (χ3v) is 4.28. The molecule has 20 heavy (non-hydrogen) atoms. The van der Waals surface area contributed by atoms with E-state index in [0.717, 1.165) is 10.5 Å². The summed E-state index contributed by atoms with van der Waals surface area (Å²) < 4.78 is 0. The van der Waals surface area contributed by atoms with Crippen molar-refractivity contribution in [1.82, 2.24) is 5.32 Å². The number of hydrogen-bond acceptors (Lipinski definition) is 3. The number of carboxylic acid groups (broad SMARTS) is 1. The van der Waals surface area contributed by atoms with Gasteiger partial charge in [0.15, 0.2) is 0 Å². The number of rotatable bonds is 7. The smallest absolute Gasteiger partial charge is 0.309 e. The molecule has 0 unspecified atom stereocenters. The van der Waals surface area contributed by atoms with E-state index in [1.54, 1.807) is 13.8 Å². The van der Waals surface area contributed by atoms with E-state index in [-0.39, 0.29) is 5.91 Å². The highest BCUT2D eigenvalue weighted by molar-refractivity contribution is 8.00. The Bertz CT molecular complexity index is 486. The Labute approximate surface area is 124 Å². The molecule has 0 fully saturated rings. The molecule has 0 atom stereocenters. The van der Waals surface area contributed by atoms with Crippen LogP contribution in [0.2, 0.25) is 0 Å². The van der Waals surface area contributed by atoms with Gasteiger partial charge in [-0.05, 0) is 38.8 Å². The molecule has 110 valence electrons. The Morgan fingerprint density at radius 3 is 2.55 bits per heavy atom. The van der Waals surface area contributed by atoms with Crippen molar-refractivity contribution in [2.24, 2.45) is 5.41 Å². The van der Waals surface area contributed by atoms with Gasteiger partial charge in [-0.1, -0.05) is 18.2 Å². The number of amides is 1. The molecule has 0 spiro atoms. The second kappa shape index (κ2) is 7.33. The third-order valence-electron chi connectivity index (χ3n) is 3.10. The fourth-order valence-corrected chi connectivity index (χ4v) is 2.39. The molecule has 1 amide bonds. The van der Waals surface area contributed by atoms with Crippen LogP contribution in [0.4, 0.5) is 0 Å². The maximum Gasteiger partial charge on any atom is 0.309 e. The second-order valence-corrected chi connectivity index (χ2v) is 6.36. The number of carbonyl (C=O) groups excluding carboxylic acids is 1. The first-order chi connectivity index (χ1) is 9.33. The van der Waals surface area contributed by atoms with Crippen molar-refractivity contribution in [3.63, 3.8) is 0 Å². The molecule has 0 radical (unpaired) electrons. The Balaban J connectivity index is 2.31. The first kappa shape index (κ1) is 16.6. The highest BCUT2D eigenvalue weighted by atomic mass is 32.2. The molecule has 1 rings (SSSR count). The van der Waals surface area contributed by atoms with Gasteiger partial charge in [-0.3, -0.25) is 9.59 Å². The van der Waals surface area contributed by atoms with Gasteiger partial charge in [0.2, 0.25) is 5.91 Å². The van der Waals surface area contributed by atoms with Gasteiger partial charge >= 0.3 is 5.97 Å². The van der Waals surface area contributed by atoms with E-state index in [0.29, 0.717) is 18.7 Å². The van der Waals surface area contributed by atoms with Crippen molar-refractivity contribution in [3.8, 4) is 0 Å². The molecule has 0 aliphatic heterocycles. The lowest BCUT2D eigenvalue weighted by Gasteiger charge is -2.18. The summed E-state index contributed by atoms with van der Waals surface area (Å²) in [6.07, 6.45) is 0.420. The summed E-state index contributed by atoms with van der Waals surface area (Å²) in [6.45, 7) is 5.70. The Hall–Kier alpha value is -1.49. The van der Waals surface area contributed by atoms with Crippen LogP contribution in [0.5, 0.6) is 0 Å². The number of carbonyl (C=O) groups is 2. The van der Waals surface area contributed by atoms with Crippen LogP contribution in [-0.2, 0) is 9.59 Å². The molecular formula is C15H21NO3S. The van der Waals surface area contributed by atoms with Crippen LogP contribution in [0.25, 0.3) is 0 Å². The van der Waals surface area contributed by atoms with Crippen LogP contribution in [0, 0.1) is 12.3 Å². The third kappa shape index (κ3) is 5.25. The number of nitrogens with one attached hydrogen (secondary N) is 1. The molecule has 4 nitrogen and oxygen atoms in total. The minimum atomic E-state index is -0.846. The van der Waals surface area contributed by atoms with Gasteiger partial charge in [-0.25, -0.2) is 0 Å². The fourth-order valence-electron chi connectivity index (χ4n) is 1.53. The van der Waals surface area contributed by atoms with Crippen LogP contribution >= 0.6 is 11.8 Å². The number of aliphatic carboxylic acids is 1. The van der Waals surface area contributed by atoms with Crippen LogP contribution in [0.3, 0.4) is 0 Å². The maximum atomic E-state index is 11.7. The second-order valence-electron chi connectivity index (χ2n) is 5.34. The zero-order valence-corrected chi connectivity index (χ0v) is 12.9. The largest absolute Gasteiger partial charge is 0.481 e. The van der Waals surface area contributed by atoms with Gasteiger partial charge in [-0.15, -0.1) is 11.8 Å². The molecule has 1 aromatic carbocycles. The predicted octanol–water partition coefficient (Wildman–Crippen LogP) is 2.70. The topological polar surface area (TPSA) is 66.4 Å². The monoisotopic (exact) mass is 295 g/mol. The van der Waals surface area contributed by atoms with Crippen molar-refractivity contribution in [3.05, 3.63) is 29.8 Å². The maximum absolute atomic E-state index is 11.7. The van der Waals surface area contributed by atoms with Crippen LogP contribution in [-0.4, -0.2) is 29.3 Å². The highest BCUT2D eigenvalue weighted by Crippen LogP contribution is 2.22. The summed E-state index contributed by atoms with van der Waals surface area (Å²) in [5.41, 5.74) is 0.341. The zero-order chi connectivity index (χ0) is 15.2. The standard InChI is InChI=1S/C15H21NO3S/c1-11-6-4-5-7-12(11)20-10-13(17)16-9-8-15(2,3)14(18)19/h4-7H,8-10H2,1-3H3,(H,16,17)(H,18,19). The molecule has 0 aliphatic rings. The van der Waals surface area contributed by atoms with E-state index >= 15 is 0 Å². The zero-order valence-electron chi connectivity index (χ0n) is 12.1. The lowest BCUT2D eigenvalue weighted by molar-refractivity contribution is -0.147. The number of aryl methyl sites for hydroxylation is 1. The van der Waals surface area contributed by atoms with Gasteiger partial charge in [0.05, 0.1) is 11.2 Å². The van der Waals surface area contributed by atoms with Gasteiger partial charge < -0.3 is 10.4 Å². The molecule has 5 heteroatoms. The quantitative estimate of drug-likeness (QED) is 0.759. The van der Waals surface area contributed by atoms with Gasteiger partial charge in [0, 0.05) is 11.4 Å². The predicted molar refractivity (Wildman–Crippen MR) is 80.9 cm³/mol. The summed E-state index contributed by atoms with van der Waals surface area (Å²) in [5, 5.41) is 11.7. The molecule has 2 N–H and O–H groups in total. The summed E-state index contributed by atoms with van der Waals surface area (Å²) >= 11 is 1.49. The minimum absolute atomic E-state index is 0.0700. The molecule has 0 saturated heterocycles. The Morgan fingerprint density at radius 2 is 1.95 bits per heavy atom. The molecule has 0 aromatic heterocycles. The summed E-state index contributed by atoms with van der Waals surface area (Å²) in [6, 6.07) is 7.91. The molecule has 1 aromatic rings. The van der Waals surface area contributed by atoms with E-state index in [1.807, 2.05) is 31.2 Å². The van der Waals surface area contributed by atoms with Gasteiger partial charge in [0.1, 0.15) is 0 Å². The van der Waals surface area contributed by atoms with Crippen molar-refractivity contribution < 1.29 is 14.7 Å². The molecule has 0 bridgehead atoms. The SMILES string of the molecule is Cc1ccccc1SCC(=O)NCCC(C)(C)C(=O)O. The minimum Gasteiger partial charge on any atom is -0.481 e. The van der Waals surface area contributed by atoms with Gasteiger partial charge in [-0.2, -0.15) is 0 Å². The van der Waals surface area contributed by atoms with E-state index in [2.05, 4.69) is 5.32 Å². The first-order valence-electron chi connectivity index (χ1n) is 6.51. The molecular weight excluding hydrogens is 274 g/mol. The number of hydrogen-bond donors (Lipinski definition) is 2. The van der Waals surface area contributed by atoms with Crippen molar-refractivity contribution in [2.75, 3.05) is 12.3 Å². The average Bonchev–Trinajstić information content (AvgIpc) is 2.37.